The first-order chi connectivity index (χ1) is 5.74. The minimum absolute atomic E-state index is 0.253. The molecule has 2 N–H and O–H groups in total. The van der Waals surface area contributed by atoms with Crippen molar-refractivity contribution in [1.82, 2.24) is 0 Å². The van der Waals surface area contributed by atoms with Crippen molar-refractivity contribution in [3.63, 3.8) is 0 Å². The zero-order valence-electron chi connectivity index (χ0n) is 7.88. The van der Waals surface area contributed by atoms with Crippen LogP contribution in [0.4, 0.5) is 0 Å². The first-order valence-corrected chi connectivity index (χ1v) is 5.12. The topological polar surface area (TPSA) is 35.2 Å². The maximum absolute atomic E-state index is 6.00. The first-order valence-electron chi connectivity index (χ1n) is 5.12. The van der Waals surface area contributed by atoms with Crippen molar-refractivity contribution in [2.24, 2.45) is 11.7 Å². The lowest BCUT2D eigenvalue weighted by atomic mass is 9.97. The van der Waals surface area contributed by atoms with E-state index in [0.717, 1.165) is 5.92 Å². The van der Waals surface area contributed by atoms with Gasteiger partial charge in [-0.15, -0.1) is 0 Å². The van der Waals surface area contributed by atoms with Crippen molar-refractivity contribution in [3.05, 3.63) is 0 Å². The lowest BCUT2D eigenvalue weighted by Gasteiger charge is -2.23. The van der Waals surface area contributed by atoms with E-state index >= 15 is 0 Å². The minimum Gasteiger partial charge on any atom is -0.370 e. The molecule has 70 valence electrons. The summed E-state index contributed by atoms with van der Waals surface area (Å²) in [6.07, 6.45) is 6.67. The average molecular weight is 169 g/mol. The molecule has 0 aromatic carbocycles. The summed E-state index contributed by atoms with van der Waals surface area (Å²) >= 11 is 0. The SMILES string of the molecule is C[C@@H]1CC[C@]2(CC[C@H](CN)O2)C1. The third kappa shape index (κ3) is 1.38. The first kappa shape index (κ1) is 8.52. The fourth-order valence-corrected chi connectivity index (χ4v) is 2.74. The minimum atomic E-state index is 0.253. The zero-order valence-corrected chi connectivity index (χ0v) is 7.88. The normalized spacial score (nSPS) is 47.5. The van der Waals surface area contributed by atoms with Crippen molar-refractivity contribution in [2.45, 2.75) is 50.7 Å². The van der Waals surface area contributed by atoms with Gasteiger partial charge in [0.15, 0.2) is 0 Å². The zero-order chi connectivity index (χ0) is 8.60. The van der Waals surface area contributed by atoms with Gasteiger partial charge in [-0.1, -0.05) is 6.92 Å². The van der Waals surface area contributed by atoms with E-state index in [2.05, 4.69) is 6.92 Å². The second-order valence-corrected chi connectivity index (χ2v) is 4.55. The van der Waals surface area contributed by atoms with Crippen molar-refractivity contribution in [3.8, 4) is 0 Å². The Morgan fingerprint density at radius 1 is 1.42 bits per heavy atom. The Kier molecular flexibility index (Phi) is 2.13. The molecule has 2 fully saturated rings. The van der Waals surface area contributed by atoms with E-state index < -0.39 is 0 Å². The summed E-state index contributed by atoms with van der Waals surface area (Å²) < 4.78 is 6.00. The molecule has 3 atom stereocenters. The van der Waals surface area contributed by atoms with Gasteiger partial charge in [-0.3, -0.25) is 0 Å². The third-order valence-corrected chi connectivity index (χ3v) is 3.41. The van der Waals surface area contributed by atoms with E-state index in [1.54, 1.807) is 0 Å². The van der Waals surface area contributed by atoms with Crippen LogP contribution in [0.3, 0.4) is 0 Å². The number of hydrogen-bond donors (Lipinski definition) is 1. The van der Waals surface area contributed by atoms with Crippen molar-refractivity contribution >= 4 is 0 Å². The van der Waals surface area contributed by atoms with E-state index in [9.17, 15) is 0 Å². The molecule has 2 aliphatic rings. The van der Waals surface area contributed by atoms with Crippen LogP contribution < -0.4 is 5.73 Å². The van der Waals surface area contributed by atoms with Crippen LogP contribution in [0.2, 0.25) is 0 Å². The van der Waals surface area contributed by atoms with E-state index in [1.807, 2.05) is 0 Å². The molecule has 0 unspecified atom stereocenters. The molecular formula is C10H19NO. The number of rotatable bonds is 1. The Balaban J connectivity index is 1.97. The largest absolute Gasteiger partial charge is 0.370 e. The Labute approximate surface area is 74.5 Å². The van der Waals surface area contributed by atoms with Gasteiger partial charge < -0.3 is 10.5 Å². The van der Waals surface area contributed by atoms with Crippen LogP contribution in [0, 0.1) is 5.92 Å². The van der Waals surface area contributed by atoms with Crippen LogP contribution in [0.5, 0.6) is 0 Å². The molecule has 0 amide bonds. The van der Waals surface area contributed by atoms with E-state index in [0.29, 0.717) is 12.6 Å². The standard InChI is InChI=1S/C10H19NO/c1-8-2-4-10(6-8)5-3-9(7-11)12-10/h8-9H,2-7,11H2,1H3/t8-,9-,10+/m1/s1. The summed E-state index contributed by atoms with van der Waals surface area (Å²) in [5, 5.41) is 0. The number of hydrogen-bond acceptors (Lipinski definition) is 2. The van der Waals surface area contributed by atoms with E-state index in [4.69, 9.17) is 10.5 Å². The Morgan fingerprint density at radius 2 is 2.17 bits per heavy atom. The van der Waals surface area contributed by atoms with Gasteiger partial charge in [-0.2, -0.15) is 0 Å². The van der Waals surface area contributed by atoms with Crippen LogP contribution in [0.1, 0.15) is 39.0 Å². The molecule has 1 saturated heterocycles. The molecule has 1 heterocycles. The molecule has 1 spiro atoms. The second kappa shape index (κ2) is 3.00. The molecule has 2 rings (SSSR count). The monoisotopic (exact) mass is 169 g/mol. The summed E-state index contributed by atoms with van der Waals surface area (Å²) in [5.41, 5.74) is 5.85. The molecule has 0 aromatic heterocycles. The molecule has 12 heavy (non-hydrogen) atoms. The molecule has 0 radical (unpaired) electrons. The Bertz CT molecular complexity index is 171. The van der Waals surface area contributed by atoms with E-state index in [1.165, 1.54) is 32.1 Å². The van der Waals surface area contributed by atoms with Gasteiger partial charge >= 0.3 is 0 Å². The molecule has 0 aromatic rings. The maximum Gasteiger partial charge on any atom is 0.0705 e. The van der Waals surface area contributed by atoms with Crippen LogP contribution in [0.25, 0.3) is 0 Å². The van der Waals surface area contributed by atoms with Gasteiger partial charge in [-0.05, 0) is 38.0 Å². The lowest BCUT2D eigenvalue weighted by molar-refractivity contribution is -0.0343. The van der Waals surface area contributed by atoms with Crippen LogP contribution in [-0.4, -0.2) is 18.2 Å². The second-order valence-electron chi connectivity index (χ2n) is 4.55. The molecular weight excluding hydrogens is 150 g/mol. The van der Waals surface area contributed by atoms with Gasteiger partial charge in [-0.25, -0.2) is 0 Å². The molecule has 2 heteroatoms. The average Bonchev–Trinajstić information content (AvgIpc) is 2.61. The highest BCUT2D eigenvalue weighted by Gasteiger charge is 2.43. The fourth-order valence-electron chi connectivity index (χ4n) is 2.74. The Hall–Kier alpha value is -0.0800. The van der Waals surface area contributed by atoms with Gasteiger partial charge in [0.05, 0.1) is 11.7 Å². The molecule has 2 nitrogen and oxygen atoms in total. The quantitative estimate of drug-likeness (QED) is 0.648. The van der Waals surface area contributed by atoms with Crippen molar-refractivity contribution in [2.75, 3.05) is 6.54 Å². The van der Waals surface area contributed by atoms with Crippen LogP contribution in [0.15, 0.2) is 0 Å². The molecule has 0 bridgehead atoms. The van der Waals surface area contributed by atoms with Gasteiger partial charge in [0, 0.05) is 6.54 Å². The number of ether oxygens (including phenoxy) is 1. The predicted octanol–water partition coefficient (Wildman–Crippen LogP) is 1.68. The summed E-state index contributed by atoms with van der Waals surface area (Å²) in [6, 6.07) is 0. The summed E-state index contributed by atoms with van der Waals surface area (Å²) in [6.45, 7) is 3.03. The molecule has 1 aliphatic carbocycles. The smallest absolute Gasteiger partial charge is 0.0705 e. The Morgan fingerprint density at radius 3 is 2.67 bits per heavy atom. The summed E-state index contributed by atoms with van der Waals surface area (Å²) in [4.78, 5) is 0. The molecule has 1 aliphatic heterocycles. The van der Waals surface area contributed by atoms with Gasteiger partial charge in [0.1, 0.15) is 0 Å². The highest BCUT2D eigenvalue weighted by Crippen LogP contribution is 2.45. The molecule has 1 saturated carbocycles. The predicted molar refractivity (Wildman–Crippen MR) is 48.9 cm³/mol. The fraction of sp³-hybridized carbons (Fsp3) is 1.00. The third-order valence-electron chi connectivity index (χ3n) is 3.41. The van der Waals surface area contributed by atoms with Crippen LogP contribution in [-0.2, 0) is 4.74 Å². The van der Waals surface area contributed by atoms with Crippen molar-refractivity contribution in [1.29, 1.82) is 0 Å². The van der Waals surface area contributed by atoms with Gasteiger partial charge in [0.2, 0.25) is 0 Å². The highest BCUT2D eigenvalue weighted by molar-refractivity contribution is 4.95. The van der Waals surface area contributed by atoms with E-state index in [-0.39, 0.29) is 5.60 Å². The lowest BCUT2D eigenvalue weighted by Crippen LogP contribution is -2.28. The maximum atomic E-state index is 6.00. The summed E-state index contributed by atoms with van der Waals surface area (Å²) in [7, 11) is 0. The number of nitrogens with two attached hydrogens (primary N) is 1. The summed E-state index contributed by atoms with van der Waals surface area (Å²) in [5.74, 6) is 0.863. The van der Waals surface area contributed by atoms with Crippen LogP contribution >= 0.6 is 0 Å². The highest BCUT2D eigenvalue weighted by atomic mass is 16.5. The van der Waals surface area contributed by atoms with Gasteiger partial charge in [0.25, 0.3) is 0 Å². The van der Waals surface area contributed by atoms with Crippen molar-refractivity contribution < 1.29 is 4.74 Å².